The van der Waals surface area contributed by atoms with Crippen LogP contribution in [0.4, 0.5) is 11.4 Å². The van der Waals surface area contributed by atoms with Crippen molar-refractivity contribution in [3.05, 3.63) is 105 Å². The van der Waals surface area contributed by atoms with Gasteiger partial charge in [-0.1, -0.05) is 12.1 Å². The number of nitrogens with one attached hydrogen (secondary N) is 4. The highest BCUT2D eigenvalue weighted by Gasteiger charge is 2.74. The van der Waals surface area contributed by atoms with Crippen molar-refractivity contribution in [3.8, 4) is 23.0 Å². The van der Waals surface area contributed by atoms with Crippen LogP contribution in [0.3, 0.4) is 0 Å². The molecule has 1 unspecified atom stereocenters. The number of H-pyrrole nitrogens is 2. The first-order valence-corrected chi connectivity index (χ1v) is 24.8. The number of piperidine rings is 2. The van der Waals surface area contributed by atoms with E-state index in [2.05, 4.69) is 66.8 Å². The summed E-state index contributed by atoms with van der Waals surface area (Å²) in [6.45, 7) is 3.85. The summed E-state index contributed by atoms with van der Waals surface area (Å²) in [4.78, 5) is 12.6. The summed E-state index contributed by atoms with van der Waals surface area (Å²) in [6.07, 6.45) is 8.17. The number of hydrogen-bond donors (Lipinski definition) is 8. The number of likely N-dealkylation sites (tertiary alicyclic amines) is 2. The van der Waals surface area contributed by atoms with Crippen LogP contribution in [-0.4, -0.2) is 94.8 Å². The van der Waals surface area contributed by atoms with E-state index in [-0.39, 0.29) is 23.6 Å². The predicted octanol–water partition coefficient (Wildman–Crippen LogP) is 7.27. The zero-order valence-corrected chi connectivity index (χ0v) is 37.4. The Balaban J connectivity index is 0.723. The molecule has 2 aromatic heterocycles. The second-order valence-electron chi connectivity index (χ2n) is 22.0. The summed E-state index contributed by atoms with van der Waals surface area (Å²) in [5.41, 5.74) is 8.68. The quantitative estimate of drug-likeness (QED) is 0.0795. The van der Waals surface area contributed by atoms with Crippen molar-refractivity contribution in [2.45, 2.75) is 111 Å². The number of nitrogens with zero attached hydrogens (tertiary/aromatic N) is 2. The Kier molecular flexibility index (Phi) is 6.99. The normalized spacial score (nSPS) is 33.7. The molecule has 8 atom stereocenters. The lowest BCUT2D eigenvalue weighted by molar-refractivity contribution is -0.173. The summed E-state index contributed by atoms with van der Waals surface area (Å²) in [5.74, 6) is 2.78. The van der Waals surface area contributed by atoms with Crippen molar-refractivity contribution in [1.29, 1.82) is 0 Å². The van der Waals surface area contributed by atoms with Crippen LogP contribution in [0.2, 0.25) is 0 Å². The minimum atomic E-state index is -1.07. The van der Waals surface area contributed by atoms with E-state index in [0.717, 1.165) is 119 Å². The van der Waals surface area contributed by atoms with E-state index in [4.69, 9.17) is 21.7 Å². The molecule has 12 nitrogen and oxygen atoms in total. The van der Waals surface area contributed by atoms with E-state index in [1.54, 1.807) is 12.1 Å². The largest absolute Gasteiger partial charge is 0.504 e. The second kappa shape index (κ2) is 12.2. The Morgan fingerprint density at radius 3 is 1.55 bits per heavy atom. The summed E-state index contributed by atoms with van der Waals surface area (Å²) in [6, 6.07) is 20.0. The molecule has 66 heavy (non-hydrogen) atoms. The molecule has 2 spiro atoms. The molecule has 0 amide bonds. The molecule has 16 rings (SSSR count). The number of ether oxygens (including phenoxy) is 2. The average Bonchev–Trinajstić information content (AvgIpc) is 4.16. The highest BCUT2D eigenvalue weighted by Crippen LogP contribution is 2.71. The molecule has 8 N–H and O–H groups in total. The van der Waals surface area contributed by atoms with Gasteiger partial charge in [-0.3, -0.25) is 9.80 Å². The molecule has 4 fully saturated rings. The fraction of sp³-hybridized carbons (Fsp3) is 0.453. The van der Waals surface area contributed by atoms with Gasteiger partial charge >= 0.3 is 0 Å². The highest BCUT2D eigenvalue weighted by atomic mass is 32.1. The van der Waals surface area contributed by atoms with Gasteiger partial charge in [-0.05, 0) is 159 Å². The first kappa shape index (κ1) is 37.7. The number of aromatic hydroxyl groups is 2. The van der Waals surface area contributed by atoms with Crippen LogP contribution in [0.15, 0.2) is 60.7 Å². The first-order chi connectivity index (χ1) is 32.0. The number of aromatic nitrogens is 2. The zero-order valence-electron chi connectivity index (χ0n) is 36.5. The lowest BCUT2D eigenvalue weighted by atomic mass is 9.49. The number of rotatable bonds is 6. The number of hydrogen-bond acceptors (Lipinski definition) is 9. The van der Waals surface area contributed by atoms with E-state index in [1.165, 1.54) is 36.8 Å². The van der Waals surface area contributed by atoms with E-state index in [0.29, 0.717) is 41.3 Å². The summed E-state index contributed by atoms with van der Waals surface area (Å²) < 4.78 is 13.7. The number of phenolic OH excluding ortho intramolecular Hbond substituents is 2. The van der Waals surface area contributed by atoms with Crippen LogP contribution >= 0.6 is 12.2 Å². The van der Waals surface area contributed by atoms with Gasteiger partial charge in [-0.2, -0.15) is 0 Å². The monoisotopic (exact) mass is 900 g/mol. The number of anilines is 2. The van der Waals surface area contributed by atoms with Crippen LogP contribution in [0.5, 0.6) is 23.0 Å². The molecule has 2 saturated carbocycles. The molecular formula is C53H52N6O6S. The van der Waals surface area contributed by atoms with Crippen LogP contribution in [0.1, 0.15) is 95.5 Å². The summed E-state index contributed by atoms with van der Waals surface area (Å²) in [7, 11) is 0. The van der Waals surface area contributed by atoms with Gasteiger partial charge in [0.05, 0.1) is 33.4 Å². The molecule has 4 aliphatic heterocycles. The van der Waals surface area contributed by atoms with Crippen molar-refractivity contribution in [2.75, 3.05) is 36.8 Å². The van der Waals surface area contributed by atoms with Gasteiger partial charge in [-0.25, -0.2) is 0 Å². The minimum Gasteiger partial charge on any atom is -0.504 e. The van der Waals surface area contributed by atoms with E-state index in [1.807, 2.05) is 12.1 Å². The third-order valence-corrected chi connectivity index (χ3v) is 19.0. The number of phenols is 2. The van der Waals surface area contributed by atoms with Gasteiger partial charge in [0, 0.05) is 82.3 Å². The number of aliphatic hydroxyl groups is 2. The lowest BCUT2D eigenvalue weighted by Gasteiger charge is -2.62. The molecule has 2 saturated heterocycles. The van der Waals surface area contributed by atoms with E-state index < -0.39 is 34.2 Å². The van der Waals surface area contributed by atoms with Crippen molar-refractivity contribution in [2.24, 2.45) is 11.8 Å². The van der Waals surface area contributed by atoms with Gasteiger partial charge in [0.15, 0.2) is 40.3 Å². The maximum Gasteiger partial charge on any atom is 0.175 e. The molecule has 336 valence electrons. The fourth-order valence-electron chi connectivity index (χ4n) is 15.7. The maximum atomic E-state index is 13.4. The Labute approximate surface area is 386 Å². The standard InChI is InChI=1S/C53H52N6O6S/c60-37-11-5-27-17-39-52(62)21-33-31-19-29(7-9-35(31)56-43(33)47-50(52,41(27)45(37)64-47)13-15-58(39)23-25-1-2-25)54-49(66)55-30-8-10-36-32(20-30)34-22-53(63)40-18-28-6-12-38(61)46-42(28)51(53,48(65-46)44(34)57-36)14-16-59(40)24-26-3-4-26/h5-12,19-20,25-26,39-40,47-48,56-57,60-63H,1-4,13-18,21-24H2,(H2,54,55,66)/t39-,40+,47-,48?,50-,51-,52+,53+/m0/s1. The first-order valence-electron chi connectivity index (χ1n) is 24.4. The van der Waals surface area contributed by atoms with Crippen LogP contribution in [0.25, 0.3) is 21.8 Å². The number of aromatic amines is 2. The molecular weight excluding hydrogens is 849 g/mol. The van der Waals surface area contributed by atoms with Gasteiger partial charge < -0.3 is 50.5 Å². The number of thiocarbonyl (C=S) groups is 1. The molecule has 0 radical (unpaired) electrons. The van der Waals surface area contributed by atoms with E-state index >= 15 is 0 Å². The zero-order chi connectivity index (χ0) is 43.8. The number of benzene rings is 4. The molecule has 6 aliphatic carbocycles. The van der Waals surface area contributed by atoms with Gasteiger partial charge in [0.1, 0.15) is 0 Å². The summed E-state index contributed by atoms with van der Waals surface area (Å²) >= 11 is 6.01. The smallest absolute Gasteiger partial charge is 0.175 e. The van der Waals surface area contributed by atoms with Crippen LogP contribution < -0.4 is 20.1 Å². The third kappa shape index (κ3) is 4.48. The SMILES string of the molecule is Oc1ccc2c3c1OC1c4[nH]c5ccc(NC(=S)Nc6ccc7[nH]c8c(c7c6)C[C@@]6(O)[C@@H]7Cc9ccc(O)c%10c9[C@@]6(CCN7CC6CC6)[C@H]8O%10)cc5c4C[C@@]4(O)[C@@H](C2)N(CC2CC2)CC[C@]314. The van der Waals surface area contributed by atoms with Crippen molar-refractivity contribution >= 4 is 50.5 Å². The van der Waals surface area contributed by atoms with Gasteiger partial charge in [0.2, 0.25) is 0 Å². The van der Waals surface area contributed by atoms with Gasteiger partial charge in [-0.15, -0.1) is 0 Å². The van der Waals surface area contributed by atoms with Crippen molar-refractivity contribution in [3.63, 3.8) is 0 Å². The molecule has 6 aromatic rings. The topological polar surface area (TPSA) is 162 Å². The van der Waals surface area contributed by atoms with E-state index in [9.17, 15) is 20.4 Å². The highest BCUT2D eigenvalue weighted by molar-refractivity contribution is 7.80. The molecule has 6 heterocycles. The second-order valence-corrected chi connectivity index (χ2v) is 22.4. The minimum absolute atomic E-state index is 0.0447. The summed E-state index contributed by atoms with van der Waals surface area (Å²) in [5, 5.41) is 58.5. The van der Waals surface area contributed by atoms with Gasteiger partial charge in [0.25, 0.3) is 0 Å². The lowest BCUT2D eigenvalue weighted by Crippen LogP contribution is -2.74. The van der Waals surface area contributed by atoms with Crippen molar-refractivity contribution in [1.82, 2.24) is 19.8 Å². The Hall–Kier alpha value is -5.31. The predicted molar refractivity (Wildman–Crippen MR) is 253 cm³/mol. The maximum absolute atomic E-state index is 13.4. The fourth-order valence-corrected chi connectivity index (χ4v) is 15.9. The number of fused-ring (bicyclic) bond motifs is 8. The average molecular weight is 901 g/mol. The third-order valence-electron chi connectivity index (χ3n) is 18.8. The molecule has 13 heteroatoms. The van der Waals surface area contributed by atoms with Crippen molar-refractivity contribution < 1.29 is 29.9 Å². The Morgan fingerprint density at radius 1 is 0.652 bits per heavy atom. The molecule has 10 aliphatic rings. The molecule has 4 aromatic carbocycles. The Bertz CT molecular complexity index is 3000. The van der Waals surface area contributed by atoms with Crippen LogP contribution in [-0.2, 0) is 36.5 Å². The Morgan fingerprint density at radius 2 is 1.11 bits per heavy atom. The van der Waals surface area contributed by atoms with Crippen LogP contribution in [0, 0.1) is 11.8 Å². The molecule has 4 bridgehead atoms.